The van der Waals surface area contributed by atoms with E-state index in [1.807, 2.05) is 24.4 Å². The number of para-hydroxylation sites is 1. The van der Waals surface area contributed by atoms with Crippen molar-refractivity contribution in [2.24, 2.45) is 0 Å². The monoisotopic (exact) mass is 555 g/mol. The number of hydrogen-bond donors (Lipinski definition) is 2. The van der Waals surface area contributed by atoms with Crippen LogP contribution in [0.5, 0.6) is 0 Å². The van der Waals surface area contributed by atoms with Crippen LogP contribution in [0.3, 0.4) is 0 Å². The molecule has 3 heterocycles. The largest absolute Gasteiger partial charge is 0.361 e. The van der Waals surface area contributed by atoms with Gasteiger partial charge in [0.2, 0.25) is 0 Å². The van der Waals surface area contributed by atoms with Crippen LogP contribution in [0.15, 0.2) is 104 Å². The summed E-state index contributed by atoms with van der Waals surface area (Å²) in [4.78, 5) is 25.1. The number of carbonyl (C=O) groups is 1. The Hall–Kier alpha value is -5.11. The lowest BCUT2D eigenvalue weighted by Gasteiger charge is -2.20. The molecule has 3 aromatic heterocycles. The predicted molar refractivity (Wildman–Crippen MR) is 163 cm³/mol. The number of nitrogens with zero attached hydrogens (tertiary/aromatic N) is 5. The normalized spacial score (nSPS) is 11.9. The Balaban J connectivity index is 1.38. The highest BCUT2D eigenvalue weighted by Gasteiger charge is 2.26. The van der Waals surface area contributed by atoms with Gasteiger partial charge in [-0.05, 0) is 41.2 Å². The SMILES string of the molecule is CCc1ccc(Cn2c(CCc3ccccc3)nnc2C(Cc2c[nH]c3ccccc23)NC(=O)c2cnccn2)cc1. The van der Waals surface area contributed by atoms with Gasteiger partial charge in [0, 0.05) is 42.3 Å². The smallest absolute Gasteiger partial charge is 0.272 e. The minimum Gasteiger partial charge on any atom is -0.361 e. The number of aromatic amines is 1. The molecule has 8 heteroatoms. The van der Waals surface area contributed by atoms with Crippen molar-refractivity contribution in [3.8, 4) is 0 Å². The molecule has 0 aliphatic rings. The maximum Gasteiger partial charge on any atom is 0.272 e. The van der Waals surface area contributed by atoms with Crippen molar-refractivity contribution in [2.75, 3.05) is 0 Å². The van der Waals surface area contributed by atoms with Crippen molar-refractivity contribution >= 4 is 16.8 Å². The van der Waals surface area contributed by atoms with E-state index in [1.165, 1.54) is 23.5 Å². The van der Waals surface area contributed by atoms with Crippen molar-refractivity contribution in [1.82, 2.24) is 35.0 Å². The number of aromatic nitrogens is 6. The molecule has 1 unspecified atom stereocenters. The van der Waals surface area contributed by atoms with Crippen LogP contribution in [0.25, 0.3) is 10.9 Å². The average molecular weight is 556 g/mol. The first kappa shape index (κ1) is 27.1. The number of carbonyl (C=O) groups excluding carboxylic acids is 1. The highest BCUT2D eigenvalue weighted by Crippen LogP contribution is 2.26. The fourth-order valence-electron chi connectivity index (χ4n) is 5.30. The first-order valence-electron chi connectivity index (χ1n) is 14.3. The number of H-pyrrole nitrogens is 1. The summed E-state index contributed by atoms with van der Waals surface area (Å²) >= 11 is 0. The minimum atomic E-state index is -0.452. The Morgan fingerprint density at radius 3 is 2.45 bits per heavy atom. The molecule has 0 bridgehead atoms. The van der Waals surface area contributed by atoms with Gasteiger partial charge in [-0.3, -0.25) is 9.78 Å². The first-order valence-corrected chi connectivity index (χ1v) is 14.3. The van der Waals surface area contributed by atoms with Crippen molar-refractivity contribution < 1.29 is 4.79 Å². The summed E-state index contributed by atoms with van der Waals surface area (Å²) in [6, 6.07) is 26.8. The van der Waals surface area contributed by atoms with Gasteiger partial charge in [-0.2, -0.15) is 0 Å². The van der Waals surface area contributed by atoms with Crippen molar-refractivity contribution in [3.05, 3.63) is 143 Å². The molecule has 1 atom stereocenters. The lowest BCUT2D eigenvalue weighted by Crippen LogP contribution is -2.33. The number of rotatable bonds is 11. The Morgan fingerprint density at radius 1 is 0.881 bits per heavy atom. The summed E-state index contributed by atoms with van der Waals surface area (Å²) in [5.41, 5.74) is 6.08. The molecule has 3 aromatic carbocycles. The molecule has 42 heavy (non-hydrogen) atoms. The third-order valence-electron chi connectivity index (χ3n) is 7.62. The molecule has 0 saturated carbocycles. The number of fused-ring (bicyclic) bond motifs is 1. The summed E-state index contributed by atoms with van der Waals surface area (Å²) in [5, 5.41) is 13.7. The number of hydrogen-bond acceptors (Lipinski definition) is 5. The summed E-state index contributed by atoms with van der Waals surface area (Å²) in [6.07, 6.45) is 9.64. The van der Waals surface area contributed by atoms with Gasteiger partial charge in [-0.1, -0.05) is 79.7 Å². The second-order valence-electron chi connectivity index (χ2n) is 10.4. The third kappa shape index (κ3) is 6.12. The van der Waals surface area contributed by atoms with Crippen LogP contribution in [0.1, 0.15) is 57.4 Å². The molecule has 0 radical (unpaired) electrons. The van der Waals surface area contributed by atoms with E-state index in [0.717, 1.165) is 47.1 Å². The van der Waals surface area contributed by atoms with E-state index in [9.17, 15) is 4.79 Å². The van der Waals surface area contributed by atoms with Crippen molar-refractivity contribution in [3.63, 3.8) is 0 Å². The first-order chi connectivity index (χ1) is 20.7. The number of nitrogens with one attached hydrogen (secondary N) is 2. The van der Waals surface area contributed by atoms with E-state index >= 15 is 0 Å². The number of aryl methyl sites for hydroxylation is 3. The molecule has 6 aromatic rings. The highest BCUT2D eigenvalue weighted by molar-refractivity contribution is 5.92. The van der Waals surface area contributed by atoms with E-state index < -0.39 is 6.04 Å². The van der Waals surface area contributed by atoms with Crippen LogP contribution in [0.4, 0.5) is 0 Å². The highest BCUT2D eigenvalue weighted by atomic mass is 16.2. The second kappa shape index (κ2) is 12.6. The average Bonchev–Trinajstić information content (AvgIpc) is 3.64. The molecule has 0 aliphatic carbocycles. The molecule has 0 fully saturated rings. The van der Waals surface area contributed by atoms with E-state index in [0.29, 0.717) is 18.8 Å². The standard InChI is InChI=1S/C34H33N7O/c1-2-24-12-14-26(15-13-24)23-41-32(17-16-25-8-4-3-5-9-25)39-40-33(41)30(38-34(42)31-22-35-18-19-36-31)20-27-21-37-29-11-7-6-10-28(27)29/h3-15,18-19,21-22,30,37H,2,16-17,20,23H2,1H3,(H,38,42). The third-order valence-corrected chi connectivity index (χ3v) is 7.62. The summed E-state index contributed by atoms with van der Waals surface area (Å²) in [5.74, 6) is 1.28. The maximum absolute atomic E-state index is 13.4. The molecular formula is C34H33N7O. The van der Waals surface area contributed by atoms with E-state index in [-0.39, 0.29) is 11.6 Å². The van der Waals surface area contributed by atoms with Gasteiger partial charge in [0.25, 0.3) is 5.91 Å². The van der Waals surface area contributed by atoms with Gasteiger partial charge in [-0.25, -0.2) is 4.98 Å². The van der Waals surface area contributed by atoms with E-state index in [1.54, 1.807) is 6.20 Å². The lowest BCUT2D eigenvalue weighted by atomic mass is 10.0. The van der Waals surface area contributed by atoms with Gasteiger partial charge < -0.3 is 14.9 Å². The van der Waals surface area contributed by atoms with Gasteiger partial charge >= 0.3 is 0 Å². The zero-order chi connectivity index (χ0) is 28.7. The fourth-order valence-corrected chi connectivity index (χ4v) is 5.30. The van der Waals surface area contributed by atoms with Gasteiger partial charge in [0.05, 0.1) is 18.8 Å². The molecule has 0 aliphatic heterocycles. The Labute approximate surface area is 244 Å². The Morgan fingerprint density at radius 2 is 1.67 bits per heavy atom. The van der Waals surface area contributed by atoms with Crippen LogP contribution in [0.2, 0.25) is 0 Å². The molecule has 8 nitrogen and oxygen atoms in total. The van der Waals surface area contributed by atoms with Crippen molar-refractivity contribution in [2.45, 2.75) is 45.2 Å². The molecule has 1 amide bonds. The second-order valence-corrected chi connectivity index (χ2v) is 10.4. The topological polar surface area (TPSA) is 101 Å². The molecule has 0 saturated heterocycles. The summed E-state index contributed by atoms with van der Waals surface area (Å²) < 4.78 is 2.17. The molecule has 210 valence electrons. The molecule has 2 N–H and O–H groups in total. The van der Waals surface area contributed by atoms with Crippen LogP contribution in [0, 0.1) is 0 Å². The van der Waals surface area contributed by atoms with E-state index in [2.05, 4.69) is 97.5 Å². The predicted octanol–water partition coefficient (Wildman–Crippen LogP) is 5.66. The van der Waals surface area contributed by atoms with Crippen LogP contribution >= 0.6 is 0 Å². The number of benzene rings is 3. The van der Waals surface area contributed by atoms with Crippen LogP contribution in [-0.4, -0.2) is 35.6 Å². The molecule has 0 spiro atoms. The van der Waals surface area contributed by atoms with E-state index in [4.69, 9.17) is 5.10 Å². The van der Waals surface area contributed by atoms with Crippen molar-refractivity contribution in [1.29, 1.82) is 0 Å². The number of amides is 1. The summed E-state index contributed by atoms with van der Waals surface area (Å²) in [7, 11) is 0. The molecule has 6 rings (SSSR count). The summed E-state index contributed by atoms with van der Waals surface area (Å²) in [6.45, 7) is 2.76. The Bertz CT molecular complexity index is 1760. The van der Waals surface area contributed by atoms with Gasteiger partial charge in [0.15, 0.2) is 5.82 Å². The zero-order valence-electron chi connectivity index (χ0n) is 23.6. The molecular weight excluding hydrogens is 522 g/mol. The van der Waals surface area contributed by atoms with Crippen LogP contribution in [-0.2, 0) is 32.2 Å². The van der Waals surface area contributed by atoms with Gasteiger partial charge in [-0.15, -0.1) is 10.2 Å². The lowest BCUT2D eigenvalue weighted by molar-refractivity contribution is 0.0928. The van der Waals surface area contributed by atoms with Gasteiger partial charge in [0.1, 0.15) is 11.5 Å². The van der Waals surface area contributed by atoms with Crippen LogP contribution < -0.4 is 5.32 Å². The zero-order valence-corrected chi connectivity index (χ0v) is 23.6. The fraction of sp³-hybridized carbons (Fsp3) is 0.206. The Kier molecular flexibility index (Phi) is 8.12. The minimum absolute atomic E-state index is 0.256. The maximum atomic E-state index is 13.4. The quantitative estimate of drug-likeness (QED) is 0.215.